The molecule has 3 heterocycles. The minimum absolute atomic E-state index is 0.00361. The van der Waals surface area contributed by atoms with E-state index in [1.165, 1.54) is 11.3 Å². The summed E-state index contributed by atoms with van der Waals surface area (Å²) in [6.45, 7) is 4.71. The van der Waals surface area contributed by atoms with E-state index in [1.807, 2.05) is 36.8 Å². The first-order valence-electron chi connectivity index (χ1n) is 15.1. The molecule has 2 aliphatic heterocycles. The Hall–Kier alpha value is -3.16. The highest BCUT2D eigenvalue weighted by molar-refractivity contribution is 6.33. The number of rotatable bonds is 6. The van der Waals surface area contributed by atoms with E-state index < -0.39 is 0 Å². The number of likely N-dealkylation sites (tertiary alicyclic amines) is 2. The number of aromatic nitrogens is 2. The predicted octanol–water partition coefficient (Wildman–Crippen LogP) is 5.49. The normalized spacial score (nSPS) is 21.8. The Morgan fingerprint density at radius 2 is 1.83 bits per heavy atom. The number of halogens is 1. The van der Waals surface area contributed by atoms with E-state index in [2.05, 4.69) is 43.4 Å². The second-order valence-electron chi connectivity index (χ2n) is 12.6. The number of fused-ring (bicyclic) bond motifs is 1. The number of piperidine rings is 1. The Morgan fingerprint density at radius 1 is 1.05 bits per heavy atom. The smallest absolute Gasteiger partial charge is 0.256 e. The third-order valence-corrected chi connectivity index (χ3v) is 10.3. The van der Waals surface area contributed by atoms with Crippen molar-refractivity contribution in [1.82, 2.24) is 24.3 Å². The molecule has 3 aromatic rings. The molecule has 2 aliphatic carbocycles. The highest BCUT2D eigenvalue weighted by Crippen LogP contribution is 2.44. The zero-order valence-electron chi connectivity index (χ0n) is 23.8. The monoisotopic (exact) mass is 571 g/mol. The van der Waals surface area contributed by atoms with Crippen molar-refractivity contribution in [2.24, 2.45) is 12.5 Å². The minimum atomic E-state index is -0.0114. The lowest BCUT2D eigenvalue weighted by molar-refractivity contribution is 0.0658. The summed E-state index contributed by atoms with van der Waals surface area (Å²) in [5.74, 6) is 0.131. The fourth-order valence-corrected chi connectivity index (χ4v) is 7.56. The molecule has 2 aromatic carbocycles. The van der Waals surface area contributed by atoms with Gasteiger partial charge in [0.1, 0.15) is 0 Å². The van der Waals surface area contributed by atoms with Crippen LogP contribution in [0.3, 0.4) is 0 Å². The lowest BCUT2D eigenvalue weighted by Gasteiger charge is -2.39. The van der Waals surface area contributed by atoms with Crippen LogP contribution in [-0.2, 0) is 20.0 Å². The summed E-state index contributed by atoms with van der Waals surface area (Å²) in [6.07, 6.45) is 11.0. The molecule has 4 aliphatic rings. The third-order valence-electron chi connectivity index (χ3n) is 10.00. The van der Waals surface area contributed by atoms with E-state index in [-0.39, 0.29) is 29.3 Å². The molecule has 0 N–H and O–H groups in total. The van der Waals surface area contributed by atoms with Gasteiger partial charge >= 0.3 is 0 Å². The molecule has 0 radical (unpaired) electrons. The summed E-state index contributed by atoms with van der Waals surface area (Å²) >= 11 is 6.44. The van der Waals surface area contributed by atoms with Crippen LogP contribution in [0.5, 0.6) is 0 Å². The van der Waals surface area contributed by atoms with Crippen molar-refractivity contribution in [3.05, 3.63) is 88.0 Å². The second-order valence-corrected chi connectivity index (χ2v) is 13.0. The van der Waals surface area contributed by atoms with Crippen LogP contribution in [0.25, 0.3) is 0 Å². The maximum atomic E-state index is 13.8. The summed E-state index contributed by atoms with van der Waals surface area (Å²) in [6, 6.07) is 13.8. The number of nitrogens with zero attached hydrogens (tertiary/aromatic N) is 5. The average molecular weight is 572 g/mol. The van der Waals surface area contributed by atoms with Gasteiger partial charge in [-0.3, -0.25) is 14.5 Å². The van der Waals surface area contributed by atoms with Gasteiger partial charge in [-0.15, -0.1) is 0 Å². The predicted molar refractivity (Wildman–Crippen MR) is 159 cm³/mol. The Morgan fingerprint density at radius 3 is 2.56 bits per heavy atom. The standard InChI is InChI=1S/C33H38ClN5O2/c1-36-22-35-19-26(36)20-37-15-12-33(13-16-37)14-17-38(21-33)31(40)24-7-6-23-8-11-30(28(23)18-24)39(25-9-10-25)32(41)27-4-2-3-5-29(27)34/h2-7,18-19,22,25,30H,8-17,20-21H2,1H3. The number of aryl methyl sites for hydroxylation is 2. The number of hydrogen-bond donors (Lipinski definition) is 0. The zero-order valence-corrected chi connectivity index (χ0v) is 24.5. The molecule has 1 atom stereocenters. The van der Waals surface area contributed by atoms with Crippen molar-refractivity contribution in [3.63, 3.8) is 0 Å². The topological polar surface area (TPSA) is 61.7 Å². The van der Waals surface area contributed by atoms with E-state index in [4.69, 9.17) is 11.6 Å². The van der Waals surface area contributed by atoms with Gasteiger partial charge in [-0.2, -0.15) is 0 Å². The first-order chi connectivity index (χ1) is 19.9. The van der Waals surface area contributed by atoms with E-state index >= 15 is 0 Å². The molecule has 0 bridgehead atoms. The van der Waals surface area contributed by atoms with Gasteiger partial charge in [-0.05, 0) is 98.8 Å². The Bertz CT molecular complexity index is 1470. The summed E-state index contributed by atoms with van der Waals surface area (Å²) in [4.78, 5) is 38.5. The van der Waals surface area contributed by atoms with Crippen LogP contribution in [-0.4, -0.2) is 68.3 Å². The molecule has 7 nitrogen and oxygen atoms in total. The van der Waals surface area contributed by atoms with Crippen molar-refractivity contribution in [2.75, 3.05) is 26.2 Å². The van der Waals surface area contributed by atoms with E-state index in [0.29, 0.717) is 10.6 Å². The maximum Gasteiger partial charge on any atom is 0.256 e. The van der Waals surface area contributed by atoms with Crippen LogP contribution in [0.2, 0.25) is 5.02 Å². The van der Waals surface area contributed by atoms with Gasteiger partial charge in [-0.1, -0.05) is 29.8 Å². The summed E-state index contributed by atoms with van der Waals surface area (Å²) in [5.41, 5.74) is 5.18. The molecule has 8 heteroatoms. The van der Waals surface area contributed by atoms with Crippen LogP contribution in [0.1, 0.15) is 82.1 Å². The Labute approximate surface area is 247 Å². The van der Waals surface area contributed by atoms with Crippen molar-refractivity contribution in [1.29, 1.82) is 0 Å². The molecular formula is C33H38ClN5O2. The van der Waals surface area contributed by atoms with Crippen molar-refractivity contribution < 1.29 is 9.59 Å². The second kappa shape index (κ2) is 10.6. The van der Waals surface area contributed by atoms with Crippen LogP contribution in [0, 0.1) is 5.41 Å². The molecule has 2 amide bonds. The van der Waals surface area contributed by atoms with Crippen LogP contribution in [0.15, 0.2) is 55.0 Å². The molecule has 3 fully saturated rings. The number of hydrogen-bond acceptors (Lipinski definition) is 4. The van der Waals surface area contributed by atoms with Gasteiger partial charge in [0.25, 0.3) is 11.8 Å². The van der Waals surface area contributed by atoms with Gasteiger partial charge < -0.3 is 14.4 Å². The molecule has 1 unspecified atom stereocenters. The summed E-state index contributed by atoms with van der Waals surface area (Å²) < 4.78 is 2.10. The fourth-order valence-electron chi connectivity index (χ4n) is 7.34. The van der Waals surface area contributed by atoms with E-state index in [9.17, 15) is 9.59 Å². The zero-order chi connectivity index (χ0) is 28.1. The molecular weight excluding hydrogens is 534 g/mol. The van der Waals surface area contributed by atoms with Gasteiger partial charge in [0.05, 0.1) is 28.6 Å². The highest BCUT2D eigenvalue weighted by Gasteiger charge is 2.44. The Balaban J connectivity index is 1.05. The lowest BCUT2D eigenvalue weighted by atomic mass is 9.78. The van der Waals surface area contributed by atoms with Crippen molar-refractivity contribution in [3.8, 4) is 0 Å². The van der Waals surface area contributed by atoms with Gasteiger partial charge in [0, 0.05) is 44.5 Å². The summed E-state index contributed by atoms with van der Waals surface area (Å²) in [5, 5.41) is 0.496. The van der Waals surface area contributed by atoms with Crippen LogP contribution >= 0.6 is 11.6 Å². The lowest BCUT2D eigenvalue weighted by Crippen LogP contribution is -2.42. The first kappa shape index (κ1) is 26.7. The van der Waals surface area contributed by atoms with Gasteiger partial charge in [0.15, 0.2) is 0 Å². The SMILES string of the molecule is Cn1cncc1CN1CCC2(CC1)CCN(C(=O)c1ccc3c(c1)C(N(C(=O)c1ccccc1Cl)C1CC1)CC3)C2. The quantitative estimate of drug-likeness (QED) is 0.392. The molecule has 7 rings (SSSR count). The van der Waals surface area contributed by atoms with E-state index in [1.54, 1.807) is 6.07 Å². The Kier molecular flexibility index (Phi) is 6.90. The fraction of sp³-hybridized carbons (Fsp3) is 0.485. The minimum Gasteiger partial charge on any atom is -0.338 e. The average Bonchev–Trinajstić information content (AvgIpc) is 3.40. The molecule has 2 saturated heterocycles. The molecule has 1 saturated carbocycles. The number of carbonyl (C=O) groups is 2. The van der Waals surface area contributed by atoms with Crippen LogP contribution in [0.4, 0.5) is 0 Å². The number of carbonyl (C=O) groups excluding carboxylic acids is 2. The van der Waals surface area contributed by atoms with Crippen molar-refractivity contribution >= 4 is 23.4 Å². The highest BCUT2D eigenvalue weighted by atomic mass is 35.5. The number of amides is 2. The third kappa shape index (κ3) is 5.08. The largest absolute Gasteiger partial charge is 0.338 e. The van der Waals surface area contributed by atoms with Crippen molar-refractivity contribution in [2.45, 2.75) is 63.6 Å². The van der Waals surface area contributed by atoms with E-state index in [0.717, 1.165) is 88.8 Å². The first-order valence-corrected chi connectivity index (χ1v) is 15.5. The van der Waals surface area contributed by atoms with Gasteiger partial charge in [0.2, 0.25) is 0 Å². The molecule has 41 heavy (non-hydrogen) atoms. The summed E-state index contributed by atoms with van der Waals surface area (Å²) in [7, 11) is 2.05. The number of benzene rings is 2. The maximum absolute atomic E-state index is 13.8. The molecule has 1 aromatic heterocycles. The number of imidazole rings is 1. The molecule has 1 spiro atoms. The van der Waals surface area contributed by atoms with Gasteiger partial charge in [-0.25, -0.2) is 4.98 Å². The molecule has 214 valence electrons. The van der Waals surface area contributed by atoms with Crippen LogP contribution < -0.4 is 0 Å².